The van der Waals surface area contributed by atoms with Crippen molar-refractivity contribution < 1.29 is 9.59 Å². The van der Waals surface area contributed by atoms with Crippen molar-refractivity contribution in [3.05, 3.63) is 65.2 Å². The van der Waals surface area contributed by atoms with Gasteiger partial charge in [0, 0.05) is 50.0 Å². The Hall–Kier alpha value is -2.53. The van der Waals surface area contributed by atoms with Crippen molar-refractivity contribution in [3.8, 4) is 0 Å². The highest BCUT2D eigenvalue weighted by molar-refractivity contribution is 6.34. The zero-order chi connectivity index (χ0) is 19.2. The Morgan fingerprint density at radius 3 is 2.33 bits per heavy atom. The number of amides is 2. The van der Waals surface area contributed by atoms with E-state index in [1.807, 2.05) is 61.5 Å². The summed E-state index contributed by atoms with van der Waals surface area (Å²) in [4.78, 5) is 30.8. The van der Waals surface area contributed by atoms with E-state index in [0.29, 0.717) is 44.3 Å². The van der Waals surface area contributed by atoms with E-state index in [1.54, 1.807) is 9.80 Å². The molecule has 2 aromatic carbocycles. The van der Waals surface area contributed by atoms with E-state index in [9.17, 15) is 9.59 Å². The summed E-state index contributed by atoms with van der Waals surface area (Å²) in [6.07, 6.45) is 0. The van der Waals surface area contributed by atoms with E-state index >= 15 is 0 Å². The van der Waals surface area contributed by atoms with Gasteiger partial charge in [-0.05, 0) is 30.7 Å². The zero-order valence-corrected chi connectivity index (χ0v) is 16.2. The number of hydrogen-bond acceptors (Lipinski definition) is 3. The molecule has 0 atom stereocenters. The number of piperazine rings is 1. The molecule has 1 heterocycles. The molecule has 2 amide bonds. The molecule has 0 saturated carbocycles. The van der Waals surface area contributed by atoms with Gasteiger partial charge in [0.25, 0.3) is 0 Å². The third kappa shape index (κ3) is 4.80. The number of anilines is 1. The molecule has 0 aliphatic carbocycles. The second-order valence-electron chi connectivity index (χ2n) is 6.56. The van der Waals surface area contributed by atoms with Crippen LogP contribution in [0.4, 0.5) is 5.69 Å². The van der Waals surface area contributed by atoms with Gasteiger partial charge in [-0.25, -0.2) is 0 Å². The van der Waals surface area contributed by atoms with Crippen LogP contribution < -0.4 is 4.90 Å². The van der Waals surface area contributed by atoms with E-state index in [1.165, 1.54) is 0 Å². The number of rotatable bonds is 4. The summed E-state index contributed by atoms with van der Waals surface area (Å²) < 4.78 is 0. The molecule has 0 spiro atoms. The van der Waals surface area contributed by atoms with Gasteiger partial charge in [0.05, 0.1) is 0 Å². The molecule has 1 aliphatic rings. The summed E-state index contributed by atoms with van der Waals surface area (Å²) in [6, 6.07) is 17.4. The maximum absolute atomic E-state index is 12.7. The average Bonchev–Trinajstić information content (AvgIpc) is 2.72. The van der Waals surface area contributed by atoms with E-state index in [0.717, 1.165) is 11.3 Å². The first-order valence-electron chi connectivity index (χ1n) is 9.21. The summed E-state index contributed by atoms with van der Waals surface area (Å²) in [5.74, 6) is -0.851. The first-order valence-corrected chi connectivity index (χ1v) is 9.59. The minimum Gasteiger partial charge on any atom is -0.368 e. The van der Waals surface area contributed by atoms with Gasteiger partial charge in [0.2, 0.25) is 0 Å². The second kappa shape index (κ2) is 8.91. The van der Waals surface area contributed by atoms with Crippen LogP contribution in [0, 0.1) is 0 Å². The predicted molar refractivity (Wildman–Crippen MR) is 108 cm³/mol. The van der Waals surface area contributed by atoms with Crippen LogP contribution in [-0.2, 0) is 16.1 Å². The number of halogens is 1. The van der Waals surface area contributed by atoms with Crippen LogP contribution in [0.2, 0.25) is 5.02 Å². The molecule has 6 heteroatoms. The van der Waals surface area contributed by atoms with E-state index < -0.39 is 11.8 Å². The quantitative estimate of drug-likeness (QED) is 0.760. The molecule has 0 N–H and O–H groups in total. The van der Waals surface area contributed by atoms with Crippen molar-refractivity contribution in [2.75, 3.05) is 37.6 Å². The Labute approximate surface area is 165 Å². The third-order valence-corrected chi connectivity index (χ3v) is 5.04. The standard InChI is InChI=1S/C21H24ClN3O2/c1-2-23(16-17-7-4-3-5-8-17)20(26)21(27)25-13-11-24(12-14-25)19-10-6-9-18(22)15-19/h3-10,15H,2,11-14,16H2,1H3. The molecular weight excluding hydrogens is 362 g/mol. The highest BCUT2D eigenvalue weighted by Gasteiger charge is 2.29. The highest BCUT2D eigenvalue weighted by Crippen LogP contribution is 2.21. The van der Waals surface area contributed by atoms with E-state index in [-0.39, 0.29) is 0 Å². The van der Waals surface area contributed by atoms with Gasteiger partial charge in [-0.3, -0.25) is 9.59 Å². The fourth-order valence-electron chi connectivity index (χ4n) is 3.24. The van der Waals surface area contributed by atoms with Crippen molar-refractivity contribution in [2.24, 2.45) is 0 Å². The summed E-state index contributed by atoms with van der Waals surface area (Å²) >= 11 is 6.06. The smallest absolute Gasteiger partial charge is 0.312 e. The topological polar surface area (TPSA) is 43.9 Å². The van der Waals surface area contributed by atoms with Gasteiger partial charge in [0.15, 0.2) is 0 Å². The molecular formula is C21H24ClN3O2. The first kappa shape index (κ1) is 19.2. The molecule has 3 rings (SSSR count). The number of hydrogen-bond donors (Lipinski definition) is 0. The molecule has 0 bridgehead atoms. The van der Waals surface area contributed by atoms with Crippen LogP contribution in [0.5, 0.6) is 0 Å². The van der Waals surface area contributed by atoms with Crippen LogP contribution in [0.1, 0.15) is 12.5 Å². The van der Waals surface area contributed by atoms with Crippen molar-refractivity contribution in [1.29, 1.82) is 0 Å². The van der Waals surface area contributed by atoms with Crippen LogP contribution in [0.15, 0.2) is 54.6 Å². The monoisotopic (exact) mass is 385 g/mol. The largest absolute Gasteiger partial charge is 0.368 e. The highest BCUT2D eigenvalue weighted by atomic mass is 35.5. The van der Waals surface area contributed by atoms with Gasteiger partial charge in [-0.2, -0.15) is 0 Å². The van der Waals surface area contributed by atoms with Crippen molar-refractivity contribution in [3.63, 3.8) is 0 Å². The van der Waals surface area contributed by atoms with Gasteiger partial charge >= 0.3 is 11.8 Å². The number of nitrogens with zero attached hydrogens (tertiary/aromatic N) is 3. The van der Waals surface area contributed by atoms with Crippen LogP contribution in [0.25, 0.3) is 0 Å². The Balaban J connectivity index is 1.58. The normalized spacial score (nSPS) is 14.1. The van der Waals surface area contributed by atoms with Gasteiger partial charge in [0.1, 0.15) is 0 Å². The van der Waals surface area contributed by atoms with Crippen LogP contribution in [0.3, 0.4) is 0 Å². The van der Waals surface area contributed by atoms with Crippen LogP contribution in [-0.4, -0.2) is 54.3 Å². The van der Waals surface area contributed by atoms with Gasteiger partial charge < -0.3 is 14.7 Å². The number of carbonyl (C=O) groups excluding carboxylic acids is 2. The Morgan fingerprint density at radius 1 is 1.00 bits per heavy atom. The average molecular weight is 386 g/mol. The summed E-state index contributed by atoms with van der Waals surface area (Å²) in [5, 5.41) is 0.695. The Kier molecular flexibility index (Phi) is 6.35. The number of likely N-dealkylation sites (N-methyl/N-ethyl adjacent to an activating group) is 1. The second-order valence-corrected chi connectivity index (χ2v) is 7.00. The minimum absolute atomic E-state index is 0.418. The zero-order valence-electron chi connectivity index (χ0n) is 15.5. The number of benzene rings is 2. The lowest BCUT2D eigenvalue weighted by Crippen LogP contribution is -2.53. The molecule has 1 aliphatic heterocycles. The molecule has 2 aromatic rings. The van der Waals surface area contributed by atoms with Gasteiger partial charge in [-0.15, -0.1) is 0 Å². The molecule has 1 fully saturated rings. The maximum Gasteiger partial charge on any atom is 0.312 e. The summed E-state index contributed by atoms with van der Waals surface area (Å²) in [5.41, 5.74) is 2.06. The van der Waals surface area contributed by atoms with Gasteiger partial charge in [-0.1, -0.05) is 48.0 Å². The molecule has 0 radical (unpaired) electrons. The number of carbonyl (C=O) groups is 2. The Morgan fingerprint density at radius 2 is 1.70 bits per heavy atom. The minimum atomic E-state index is -0.433. The molecule has 0 aromatic heterocycles. The fourth-order valence-corrected chi connectivity index (χ4v) is 3.43. The predicted octanol–water partition coefficient (Wildman–Crippen LogP) is 3.04. The summed E-state index contributed by atoms with van der Waals surface area (Å²) in [7, 11) is 0. The van der Waals surface area contributed by atoms with E-state index in [4.69, 9.17) is 11.6 Å². The lowest BCUT2D eigenvalue weighted by Gasteiger charge is -2.36. The first-order chi connectivity index (χ1) is 13.1. The van der Waals surface area contributed by atoms with Crippen molar-refractivity contribution in [2.45, 2.75) is 13.5 Å². The molecule has 0 unspecified atom stereocenters. The van der Waals surface area contributed by atoms with E-state index in [2.05, 4.69) is 4.90 Å². The molecule has 5 nitrogen and oxygen atoms in total. The molecule has 142 valence electrons. The van der Waals surface area contributed by atoms with Crippen molar-refractivity contribution in [1.82, 2.24) is 9.80 Å². The fraction of sp³-hybridized carbons (Fsp3) is 0.333. The van der Waals surface area contributed by atoms with Crippen molar-refractivity contribution >= 4 is 29.1 Å². The summed E-state index contributed by atoms with van der Waals surface area (Å²) in [6.45, 7) is 5.27. The van der Waals surface area contributed by atoms with Crippen LogP contribution >= 0.6 is 11.6 Å². The third-order valence-electron chi connectivity index (χ3n) is 4.81. The Bertz CT molecular complexity index is 789. The maximum atomic E-state index is 12.7. The molecule has 27 heavy (non-hydrogen) atoms. The lowest BCUT2D eigenvalue weighted by atomic mass is 10.2. The molecule has 1 saturated heterocycles. The lowest BCUT2D eigenvalue weighted by molar-refractivity contribution is -0.152. The SMILES string of the molecule is CCN(Cc1ccccc1)C(=O)C(=O)N1CCN(c2cccc(Cl)c2)CC1.